The molecule has 500 valence electrons. The lowest BCUT2D eigenvalue weighted by Gasteiger charge is -2.34. The maximum absolute atomic E-state index is 12.6. The predicted octanol–water partition coefficient (Wildman–Crippen LogP) is 2.33. The number of phenolic OH excluding ortho intramolecular Hbond substituents is 2. The largest absolute Gasteiger partial charge is 0.567 e. The van der Waals surface area contributed by atoms with Crippen molar-refractivity contribution in [2.75, 3.05) is 151 Å². The van der Waals surface area contributed by atoms with Crippen LogP contribution in [0.2, 0.25) is 0 Å². The Morgan fingerprint density at radius 2 is 0.695 bits per heavy atom. The number of nitro benzene ring substituents is 1. The number of nitrogens with two attached hydrogens (primary N) is 1. The zero-order valence-electron chi connectivity index (χ0n) is 53.1. The maximum Gasteiger partial charge on any atom is 0.567 e. The average molecular weight is 1300 g/mol. The van der Waals surface area contributed by atoms with Crippen LogP contribution in [0.25, 0.3) is 0 Å². The molecule has 0 aliphatic carbocycles. The molecule has 6 amide bonds. The second kappa shape index (κ2) is 37.0. The van der Waals surface area contributed by atoms with Crippen molar-refractivity contribution in [2.45, 2.75) is 0 Å². The van der Waals surface area contributed by atoms with Gasteiger partial charge in [0.05, 0.1) is 21.7 Å². The summed E-state index contributed by atoms with van der Waals surface area (Å²) < 4.78 is 0. The van der Waals surface area contributed by atoms with Crippen LogP contribution < -0.4 is 16.4 Å². The third-order valence-electron chi connectivity index (χ3n) is 15.4. The molecule has 0 radical (unpaired) electrons. The van der Waals surface area contributed by atoms with Crippen LogP contribution in [0.4, 0.5) is 11.4 Å². The molecule has 0 atom stereocenters. The smallest absolute Gasteiger partial charge is 0.560 e. The van der Waals surface area contributed by atoms with Crippen LogP contribution >= 0.6 is 0 Å². The molecule has 5 aliphatic heterocycles. The fourth-order valence-corrected chi connectivity index (χ4v) is 9.91. The third kappa shape index (κ3) is 21.6. The molecular weight excluding hydrogens is 1220 g/mol. The van der Waals surface area contributed by atoms with Gasteiger partial charge in [0.2, 0.25) is 11.4 Å². The quantitative estimate of drug-likeness (QED) is 0.0479. The Labute approximate surface area is 549 Å². The topological polar surface area (TPSA) is 366 Å². The van der Waals surface area contributed by atoms with Gasteiger partial charge in [-0.25, -0.2) is 4.98 Å². The van der Waals surface area contributed by atoms with E-state index in [1.807, 2.05) is 34.1 Å². The number of likely N-dealkylation sites (N-methyl/N-ethyl adjacent to an activating group) is 2. The van der Waals surface area contributed by atoms with Crippen LogP contribution in [-0.4, -0.2) is 271 Å². The van der Waals surface area contributed by atoms with Gasteiger partial charge in [0.1, 0.15) is 22.8 Å². The van der Waals surface area contributed by atoms with Crippen molar-refractivity contribution in [3.05, 3.63) is 208 Å². The highest BCUT2D eigenvalue weighted by molar-refractivity contribution is 6.00. The van der Waals surface area contributed by atoms with Crippen LogP contribution in [-0.2, 0) is 0 Å². The molecule has 8 N–H and O–H groups in total. The van der Waals surface area contributed by atoms with E-state index in [-0.39, 0.29) is 70.9 Å². The summed E-state index contributed by atoms with van der Waals surface area (Å²) in [6.07, 6.45) is 7.91. The lowest BCUT2D eigenvalue weighted by atomic mass is 10.1. The SMILES string of the molecule is CN1CCN(C(=O)c2ccccn2)CC1.CN1CCNCC1.Nc1cccc(C(=O)N2CCN(C(=O)c3ccccn3)CC2)c1O.O=C([OH2+])c1ccccn1.O=C(c1ccccn1)N1CCN(C(=O)c2cccc([N+](=O)[O-])c2O)CC1.O=C(c1ccccn1)N1CCNCC1. The summed E-state index contributed by atoms with van der Waals surface area (Å²) in [5.74, 6) is -2.65. The second-order valence-corrected chi connectivity index (χ2v) is 21.9. The summed E-state index contributed by atoms with van der Waals surface area (Å²) >= 11 is 0. The van der Waals surface area contributed by atoms with E-state index in [4.69, 9.17) is 10.8 Å². The lowest BCUT2D eigenvalue weighted by molar-refractivity contribution is -0.385. The first-order valence-electron chi connectivity index (χ1n) is 30.8. The molecule has 0 unspecified atom stereocenters. The van der Waals surface area contributed by atoms with Gasteiger partial charge in [-0.3, -0.25) is 58.8 Å². The Balaban J connectivity index is 0.000000169. The summed E-state index contributed by atoms with van der Waals surface area (Å²) in [5, 5.41) is 43.9. The maximum atomic E-state index is 12.6. The number of hydrogen-bond donors (Lipinski definition) is 5. The molecule has 95 heavy (non-hydrogen) atoms. The first-order chi connectivity index (χ1) is 45.9. The molecule has 5 saturated heterocycles. The van der Waals surface area contributed by atoms with Crippen molar-refractivity contribution >= 4 is 52.8 Å². The minimum atomic E-state index is -0.740. The number of rotatable bonds is 8. The van der Waals surface area contributed by atoms with Gasteiger partial charge in [0, 0.05) is 173 Å². The first kappa shape index (κ1) is 71.6. The number of amides is 6. The highest BCUT2D eigenvalue weighted by Gasteiger charge is 2.31. The molecule has 0 saturated carbocycles. The van der Waals surface area contributed by atoms with Gasteiger partial charge in [0.25, 0.3) is 35.4 Å². The number of pyridine rings is 5. The summed E-state index contributed by atoms with van der Waals surface area (Å²) in [6.45, 7) is 14.3. The zero-order chi connectivity index (χ0) is 68.1. The molecule has 29 heteroatoms. The molecule has 12 rings (SSSR count). The molecule has 2 aromatic carbocycles. The van der Waals surface area contributed by atoms with E-state index in [9.17, 15) is 53.9 Å². The first-order valence-corrected chi connectivity index (χ1v) is 30.8. The number of benzene rings is 2. The molecular formula is C66H80N17O12+. The number of para-hydroxylation sites is 2. The minimum absolute atomic E-state index is 0.0344. The van der Waals surface area contributed by atoms with Gasteiger partial charge >= 0.3 is 11.7 Å². The third-order valence-corrected chi connectivity index (χ3v) is 15.4. The van der Waals surface area contributed by atoms with Crippen molar-refractivity contribution < 1.29 is 53.8 Å². The summed E-state index contributed by atoms with van der Waals surface area (Å²) in [6, 6.07) is 34.5. The molecule has 0 spiro atoms. The number of nitrogens with one attached hydrogen (secondary N) is 2. The van der Waals surface area contributed by atoms with Crippen molar-refractivity contribution in [2.24, 2.45) is 0 Å². The van der Waals surface area contributed by atoms with Crippen LogP contribution in [0.3, 0.4) is 0 Å². The molecule has 29 nitrogen and oxygen atoms in total. The van der Waals surface area contributed by atoms with Crippen molar-refractivity contribution in [3.8, 4) is 11.5 Å². The summed E-state index contributed by atoms with van der Waals surface area (Å²) in [5.41, 5.74) is 7.35. The molecule has 5 aromatic heterocycles. The summed E-state index contributed by atoms with van der Waals surface area (Å²) in [7, 11) is 4.23. The zero-order valence-corrected chi connectivity index (χ0v) is 53.1. The number of carbonyl (C=O) groups excluding carboxylic acids is 7. The summed E-state index contributed by atoms with van der Waals surface area (Å²) in [4.78, 5) is 128. The Morgan fingerprint density at radius 3 is 1.00 bits per heavy atom. The number of hydrogen-bond acceptors (Lipinski definition) is 21. The standard InChI is InChI=1S/C17H16N4O5.C17H18N4O3.C11H15N3O.C10H13N3O.C6H5NO2.C5H12N2/c22-15-12(4-3-6-14(15)21(25)26)16(23)19-8-10-20(11-9-19)17(24)13-5-1-2-7-18-13;18-13-5-3-4-12(15(13)22)16(23)20-8-10-21(11-9-20)17(24)14-6-1-2-7-19-14;1-13-6-8-14(9-7-13)11(15)10-4-2-3-5-12-10;14-10(9-3-1-2-4-12-9)13-7-5-11-6-8-13;8-6(9)5-3-1-2-4-7-5;1-7-4-2-6-3-5-7/h1-7,22H,8-11H2;1-7,22H,8-11,18H2;2-5H,6-9H2,1H3;1-4,11H,5-8H2;1-4H,(H,8,9);6H,2-5H2,1H3/p+1. The van der Waals surface area contributed by atoms with E-state index in [1.165, 1.54) is 54.6 Å². The van der Waals surface area contributed by atoms with Gasteiger partial charge in [-0.1, -0.05) is 42.5 Å². The number of nitrogen functional groups attached to an aromatic ring is 1. The number of aromatic hydroxyl groups is 2. The van der Waals surface area contributed by atoms with Crippen LogP contribution in [0.1, 0.15) is 73.2 Å². The molecule has 10 heterocycles. The van der Waals surface area contributed by atoms with Gasteiger partial charge in [0.15, 0.2) is 5.75 Å². The van der Waals surface area contributed by atoms with Crippen molar-refractivity contribution in [1.29, 1.82) is 0 Å². The van der Waals surface area contributed by atoms with Crippen molar-refractivity contribution in [1.82, 2.24) is 74.8 Å². The Morgan fingerprint density at radius 1 is 0.400 bits per heavy atom. The predicted molar refractivity (Wildman–Crippen MR) is 353 cm³/mol. The number of aromatic nitrogens is 5. The fourth-order valence-electron chi connectivity index (χ4n) is 9.91. The Hall–Kier alpha value is -10.9. The second-order valence-electron chi connectivity index (χ2n) is 21.9. The molecule has 0 bridgehead atoms. The van der Waals surface area contributed by atoms with Gasteiger partial charge < -0.3 is 70.9 Å². The van der Waals surface area contributed by atoms with E-state index >= 15 is 0 Å². The highest BCUT2D eigenvalue weighted by Crippen LogP contribution is 2.31. The number of anilines is 1. The minimum Gasteiger partial charge on any atom is -0.560 e. The van der Waals surface area contributed by atoms with Gasteiger partial charge in [-0.05, 0) is 93.0 Å². The monoisotopic (exact) mass is 1300 g/mol. The molecule has 5 aliphatic rings. The average Bonchev–Trinajstić information content (AvgIpc) is 1.06. The van der Waals surface area contributed by atoms with Crippen molar-refractivity contribution in [3.63, 3.8) is 0 Å². The normalized spacial score (nSPS) is 15.5. The molecule has 7 aromatic rings. The Bertz CT molecular complexity index is 3610. The van der Waals surface area contributed by atoms with E-state index < -0.39 is 28.2 Å². The van der Waals surface area contributed by atoms with Crippen LogP contribution in [0, 0.1) is 10.1 Å². The molecule has 5 fully saturated rings. The fraction of sp³-hybridized carbons (Fsp3) is 0.333. The number of nitro groups is 1. The number of carbonyl (C=O) groups is 7. The van der Waals surface area contributed by atoms with E-state index in [0.717, 1.165) is 71.5 Å². The van der Waals surface area contributed by atoms with E-state index in [0.29, 0.717) is 62.0 Å². The number of nitrogens with zero attached hydrogens (tertiary/aromatic N) is 14. The number of piperazine rings is 5. The Kier molecular flexibility index (Phi) is 27.9. The number of phenols is 2. The van der Waals surface area contributed by atoms with E-state index in [1.54, 1.807) is 106 Å². The van der Waals surface area contributed by atoms with E-state index in [2.05, 4.69) is 59.4 Å². The lowest BCUT2D eigenvalue weighted by Crippen LogP contribution is -2.50. The van der Waals surface area contributed by atoms with Gasteiger partial charge in [-0.2, -0.15) is 0 Å². The highest BCUT2D eigenvalue weighted by atomic mass is 16.6. The van der Waals surface area contributed by atoms with Crippen LogP contribution in [0.15, 0.2) is 158 Å². The van der Waals surface area contributed by atoms with Gasteiger partial charge in [-0.15, -0.1) is 0 Å². The van der Waals surface area contributed by atoms with Crippen LogP contribution in [0.5, 0.6) is 11.5 Å².